The van der Waals surface area contributed by atoms with Gasteiger partial charge in [0.05, 0.1) is 13.2 Å². The summed E-state index contributed by atoms with van der Waals surface area (Å²) >= 11 is 0. The maximum Gasteiger partial charge on any atom is 0.0697 e. The number of aryl methyl sites for hydroxylation is 1. The predicted molar refractivity (Wildman–Crippen MR) is 82.3 cm³/mol. The molecule has 0 radical (unpaired) electrons. The fourth-order valence-electron chi connectivity index (χ4n) is 2.65. The molecule has 0 saturated heterocycles. The van der Waals surface area contributed by atoms with E-state index in [2.05, 4.69) is 35.5 Å². The second-order valence-electron chi connectivity index (χ2n) is 5.35. The quantitative estimate of drug-likeness (QED) is 0.708. The lowest BCUT2D eigenvalue weighted by molar-refractivity contribution is 0.0907. The molecule has 0 aliphatic carbocycles. The Bertz CT molecular complexity index is 409. The Morgan fingerprint density at radius 2 is 2.25 bits per heavy atom. The number of ether oxygens (including phenoxy) is 1. The summed E-state index contributed by atoms with van der Waals surface area (Å²) in [5.74, 6) is 0. The zero-order chi connectivity index (χ0) is 14.2. The molecule has 0 aromatic heterocycles. The summed E-state index contributed by atoms with van der Waals surface area (Å²) in [6.07, 6.45) is 3.43. The molecule has 112 valence electrons. The van der Waals surface area contributed by atoms with Gasteiger partial charge in [0, 0.05) is 32.4 Å². The highest BCUT2D eigenvalue weighted by molar-refractivity contribution is 5.56. The molecule has 0 bridgehead atoms. The number of hydrogen-bond acceptors (Lipinski definition) is 4. The lowest BCUT2D eigenvalue weighted by atomic mass is 9.99. The summed E-state index contributed by atoms with van der Waals surface area (Å²) in [6.45, 7) is 4.29. The van der Waals surface area contributed by atoms with Crippen LogP contribution < -0.4 is 10.2 Å². The van der Waals surface area contributed by atoms with Crippen LogP contribution in [0.4, 0.5) is 5.69 Å². The maximum atomic E-state index is 8.59. The van der Waals surface area contributed by atoms with Crippen molar-refractivity contribution in [2.75, 3.05) is 44.9 Å². The molecule has 2 N–H and O–H groups in total. The summed E-state index contributed by atoms with van der Waals surface area (Å²) in [7, 11) is 2.17. The minimum absolute atomic E-state index is 0.108. The molecule has 1 aliphatic heterocycles. The van der Waals surface area contributed by atoms with E-state index in [4.69, 9.17) is 9.84 Å². The molecule has 2 rings (SSSR count). The first-order valence-electron chi connectivity index (χ1n) is 7.53. The first kappa shape index (κ1) is 15.3. The molecule has 0 fully saturated rings. The Morgan fingerprint density at radius 1 is 1.35 bits per heavy atom. The van der Waals surface area contributed by atoms with Gasteiger partial charge in [0.15, 0.2) is 0 Å². The van der Waals surface area contributed by atoms with Gasteiger partial charge in [0.1, 0.15) is 0 Å². The van der Waals surface area contributed by atoms with E-state index in [0.717, 1.165) is 19.5 Å². The van der Waals surface area contributed by atoms with E-state index in [1.807, 2.05) is 0 Å². The molecular formula is C16H26N2O2. The summed E-state index contributed by atoms with van der Waals surface area (Å²) in [4.78, 5) is 2.34. The molecular weight excluding hydrogens is 252 g/mol. The van der Waals surface area contributed by atoms with Gasteiger partial charge in [-0.25, -0.2) is 0 Å². The summed E-state index contributed by atoms with van der Waals surface area (Å²) in [5, 5.41) is 12.0. The molecule has 4 heteroatoms. The van der Waals surface area contributed by atoms with Gasteiger partial charge in [-0.15, -0.1) is 0 Å². The van der Waals surface area contributed by atoms with Crippen LogP contribution in [0.5, 0.6) is 0 Å². The molecule has 1 heterocycles. The normalized spacial score (nSPS) is 14.4. The lowest BCUT2D eigenvalue weighted by Gasteiger charge is -2.27. The number of aliphatic hydroxyl groups excluding tert-OH is 1. The highest BCUT2D eigenvalue weighted by Gasteiger charge is 2.13. The maximum absolute atomic E-state index is 8.59. The number of aliphatic hydroxyl groups is 1. The van der Waals surface area contributed by atoms with Crippen molar-refractivity contribution in [2.45, 2.75) is 25.8 Å². The first-order valence-corrected chi connectivity index (χ1v) is 7.53. The van der Waals surface area contributed by atoms with E-state index in [1.165, 1.54) is 36.2 Å². The minimum Gasteiger partial charge on any atom is -0.394 e. The zero-order valence-corrected chi connectivity index (χ0v) is 12.4. The molecule has 0 amide bonds. The van der Waals surface area contributed by atoms with E-state index in [9.17, 15) is 0 Å². The molecule has 1 aromatic rings. The topological polar surface area (TPSA) is 44.7 Å². The minimum atomic E-state index is 0.108. The summed E-state index contributed by atoms with van der Waals surface area (Å²) in [6, 6.07) is 6.80. The number of nitrogens with zero attached hydrogens (tertiary/aromatic N) is 1. The monoisotopic (exact) mass is 278 g/mol. The van der Waals surface area contributed by atoms with Crippen LogP contribution in [0.15, 0.2) is 18.2 Å². The van der Waals surface area contributed by atoms with Crippen LogP contribution in [0, 0.1) is 0 Å². The van der Waals surface area contributed by atoms with E-state index in [-0.39, 0.29) is 6.61 Å². The molecule has 0 saturated carbocycles. The van der Waals surface area contributed by atoms with Gasteiger partial charge in [0.2, 0.25) is 0 Å². The molecule has 1 aliphatic rings. The first-order chi connectivity index (χ1) is 9.81. The van der Waals surface area contributed by atoms with E-state index < -0.39 is 0 Å². The molecule has 0 atom stereocenters. The SMILES string of the molecule is CN1CCCc2cc(CNCCCOCCO)ccc21. The third-order valence-electron chi connectivity index (χ3n) is 3.70. The predicted octanol–water partition coefficient (Wildman–Crippen LogP) is 1.56. The average molecular weight is 278 g/mol. The van der Waals surface area contributed by atoms with Gasteiger partial charge < -0.3 is 20.1 Å². The van der Waals surface area contributed by atoms with Gasteiger partial charge in [-0.2, -0.15) is 0 Å². The van der Waals surface area contributed by atoms with Crippen LogP contribution in [-0.2, 0) is 17.7 Å². The molecule has 20 heavy (non-hydrogen) atoms. The van der Waals surface area contributed by atoms with Crippen LogP contribution in [0.1, 0.15) is 24.0 Å². The van der Waals surface area contributed by atoms with Crippen molar-refractivity contribution in [3.63, 3.8) is 0 Å². The van der Waals surface area contributed by atoms with Crippen LogP contribution in [0.25, 0.3) is 0 Å². The third-order valence-corrected chi connectivity index (χ3v) is 3.70. The zero-order valence-electron chi connectivity index (χ0n) is 12.4. The number of hydrogen-bond donors (Lipinski definition) is 2. The third kappa shape index (κ3) is 4.47. The van der Waals surface area contributed by atoms with Crippen molar-refractivity contribution in [3.8, 4) is 0 Å². The summed E-state index contributed by atoms with van der Waals surface area (Å²) < 4.78 is 5.23. The van der Waals surface area contributed by atoms with Crippen LogP contribution >= 0.6 is 0 Å². The highest BCUT2D eigenvalue weighted by atomic mass is 16.5. The number of benzene rings is 1. The Kier molecular flexibility index (Phi) is 6.30. The number of nitrogens with one attached hydrogen (secondary N) is 1. The van der Waals surface area contributed by atoms with Crippen LogP contribution in [0.2, 0.25) is 0 Å². The Morgan fingerprint density at radius 3 is 3.10 bits per heavy atom. The van der Waals surface area contributed by atoms with Crippen molar-refractivity contribution >= 4 is 5.69 Å². The van der Waals surface area contributed by atoms with Crippen LogP contribution in [-0.4, -0.2) is 45.1 Å². The average Bonchev–Trinajstić information content (AvgIpc) is 2.46. The van der Waals surface area contributed by atoms with Crippen molar-refractivity contribution < 1.29 is 9.84 Å². The fraction of sp³-hybridized carbons (Fsp3) is 0.625. The Labute approximate surface area is 121 Å². The second-order valence-corrected chi connectivity index (χ2v) is 5.35. The number of rotatable bonds is 8. The Balaban J connectivity index is 1.71. The largest absolute Gasteiger partial charge is 0.394 e. The van der Waals surface area contributed by atoms with E-state index >= 15 is 0 Å². The van der Waals surface area contributed by atoms with Gasteiger partial charge in [-0.3, -0.25) is 0 Å². The number of anilines is 1. The number of fused-ring (bicyclic) bond motifs is 1. The van der Waals surface area contributed by atoms with Gasteiger partial charge in [-0.1, -0.05) is 12.1 Å². The second kappa shape index (κ2) is 8.25. The Hall–Kier alpha value is -1.10. The van der Waals surface area contributed by atoms with Crippen molar-refractivity contribution in [3.05, 3.63) is 29.3 Å². The van der Waals surface area contributed by atoms with Crippen molar-refractivity contribution in [2.24, 2.45) is 0 Å². The van der Waals surface area contributed by atoms with Gasteiger partial charge >= 0.3 is 0 Å². The van der Waals surface area contributed by atoms with Crippen molar-refractivity contribution in [1.29, 1.82) is 0 Å². The molecule has 4 nitrogen and oxygen atoms in total. The fourth-order valence-corrected chi connectivity index (χ4v) is 2.65. The van der Waals surface area contributed by atoms with Crippen molar-refractivity contribution in [1.82, 2.24) is 5.32 Å². The molecule has 1 aromatic carbocycles. The smallest absolute Gasteiger partial charge is 0.0697 e. The van der Waals surface area contributed by atoms with E-state index in [0.29, 0.717) is 13.2 Å². The van der Waals surface area contributed by atoms with Crippen LogP contribution in [0.3, 0.4) is 0 Å². The summed E-state index contributed by atoms with van der Waals surface area (Å²) in [5.41, 5.74) is 4.22. The van der Waals surface area contributed by atoms with Gasteiger partial charge in [0.25, 0.3) is 0 Å². The van der Waals surface area contributed by atoms with E-state index in [1.54, 1.807) is 0 Å². The molecule has 0 unspecified atom stereocenters. The highest BCUT2D eigenvalue weighted by Crippen LogP contribution is 2.26. The van der Waals surface area contributed by atoms with Gasteiger partial charge in [-0.05, 0) is 43.0 Å². The lowest BCUT2D eigenvalue weighted by Crippen LogP contribution is -2.25. The standard InChI is InChI=1S/C16H26N2O2/c1-18-8-2-4-15-12-14(5-6-16(15)18)13-17-7-3-10-20-11-9-19/h5-6,12,17,19H,2-4,7-11,13H2,1H3. The molecule has 0 spiro atoms.